The van der Waals surface area contributed by atoms with Crippen molar-refractivity contribution in [2.45, 2.75) is 13.8 Å². The van der Waals surface area contributed by atoms with E-state index in [4.69, 9.17) is 0 Å². The Kier molecular flexibility index (Phi) is 2.91. The summed E-state index contributed by atoms with van der Waals surface area (Å²) in [7, 11) is 0. The summed E-state index contributed by atoms with van der Waals surface area (Å²) in [6.07, 6.45) is 2.17. The molecule has 0 saturated heterocycles. The van der Waals surface area contributed by atoms with Gasteiger partial charge in [0.1, 0.15) is 0 Å². The van der Waals surface area contributed by atoms with Crippen molar-refractivity contribution in [1.82, 2.24) is 4.57 Å². The number of aromatic nitrogens is 1. The van der Waals surface area contributed by atoms with Crippen LogP contribution in [0.15, 0.2) is 41.3 Å². The van der Waals surface area contributed by atoms with E-state index in [0.717, 1.165) is 16.9 Å². The molecule has 0 N–H and O–H groups in total. The van der Waals surface area contributed by atoms with Gasteiger partial charge in [-0.3, -0.25) is 9.59 Å². The van der Waals surface area contributed by atoms with Crippen LogP contribution in [0.3, 0.4) is 0 Å². The molecule has 3 nitrogen and oxygen atoms in total. The lowest BCUT2D eigenvalue weighted by Crippen LogP contribution is -2.13. The number of aryl methyl sites for hydroxylation is 2. The van der Waals surface area contributed by atoms with E-state index >= 15 is 0 Å². The zero-order valence-corrected chi connectivity index (χ0v) is 9.81. The van der Waals surface area contributed by atoms with Gasteiger partial charge in [-0.15, -0.1) is 0 Å². The molecule has 0 aliphatic rings. The smallest absolute Gasteiger partial charge is 0.192 e. The van der Waals surface area contributed by atoms with Crippen molar-refractivity contribution in [2.75, 3.05) is 0 Å². The molecule has 2 rings (SSSR count). The van der Waals surface area contributed by atoms with Crippen LogP contribution >= 0.6 is 0 Å². The molecular weight excluding hydrogens is 214 g/mol. The van der Waals surface area contributed by atoms with Crippen molar-refractivity contribution < 1.29 is 4.79 Å². The zero-order chi connectivity index (χ0) is 12.4. The van der Waals surface area contributed by atoms with Gasteiger partial charge in [0.25, 0.3) is 0 Å². The topological polar surface area (TPSA) is 39.1 Å². The van der Waals surface area contributed by atoms with Gasteiger partial charge in [0.2, 0.25) is 0 Å². The number of carbonyl (C=O) groups excluding carboxylic acids is 1. The molecule has 17 heavy (non-hydrogen) atoms. The normalized spacial score (nSPS) is 10.2. The predicted molar refractivity (Wildman–Crippen MR) is 66.9 cm³/mol. The fraction of sp³-hybridized carbons (Fsp3) is 0.143. The van der Waals surface area contributed by atoms with Crippen molar-refractivity contribution in [1.29, 1.82) is 0 Å². The number of hydrogen-bond acceptors (Lipinski definition) is 2. The molecule has 0 spiro atoms. The SMILES string of the molecule is Cc1cccc(-n2cc(C=O)c(=O)cc2C)c1. The molecule has 1 aromatic heterocycles. The van der Waals surface area contributed by atoms with Gasteiger partial charge in [0.05, 0.1) is 5.56 Å². The number of rotatable bonds is 2. The van der Waals surface area contributed by atoms with E-state index in [2.05, 4.69) is 0 Å². The largest absolute Gasteiger partial charge is 0.320 e. The molecule has 0 fully saturated rings. The Morgan fingerprint density at radius 1 is 1.18 bits per heavy atom. The van der Waals surface area contributed by atoms with Crippen LogP contribution in [0, 0.1) is 13.8 Å². The van der Waals surface area contributed by atoms with E-state index < -0.39 is 0 Å². The first-order chi connectivity index (χ1) is 8.11. The number of nitrogens with zero attached hydrogens (tertiary/aromatic N) is 1. The van der Waals surface area contributed by atoms with Gasteiger partial charge in [0, 0.05) is 23.6 Å². The average molecular weight is 227 g/mol. The molecule has 1 aromatic carbocycles. The quantitative estimate of drug-likeness (QED) is 0.738. The van der Waals surface area contributed by atoms with Gasteiger partial charge >= 0.3 is 0 Å². The highest BCUT2D eigenvalue weighted by atomic mass is 16.1. The third-order valence-corrected chi connectivity index (χ3v) is 2.68. The monoisotopic (exact) mass is 227 g/mol. The number of hydrogen-bond donors (Lipinski definition) is 0. The van der Waals surface area contributed by atoms with E-state index in [9.17, 15) is 9.59 Å². The molecular formula is C14H13NO2. The predicted octanol–water partition coefficient (Wildman–Crippen LogP) is 2.27. The van der Waals surface area contributed by atoms with Crippen LogP contribution in [0.1, 0.15) is 21.6 Å². The Morgan fingerprint density at radius 2 is 1.94 bits per heavy atom. The minimum absolute atomic E-state index is 0.178. The lowest BCUT2D eigenvalue weighted by Gasteiger charge is -2.11. The van der Waals surface area contributed by atoms with Gasteiger partial charge in [-0.2, -0.15) is 0 Å². The van der Waals surface area contributed by atoms with Gasteiger partial charge in [-0.1, -0.05) is 12.1 Å². The lowest BCUT2D eigenvalue weighted by molar-refractivity contribution is 0.112. The minimum Gasteiger partial charge on any atom is -0.320 e. The molecule has 0 atom stereocenters. The van der Waals surface area contributed by atoms with E-state index in [-0.39, 0.29) is 11.0 Å². The summed E-state index contributed by atoms with van der Waals surface area (Å²) < 4.78 is 1.85. The number of pyridine rings is 1. The van der Waals surface area contributed by atoms with E-state index in [1.54, 1.807) is 6.20 Å². The maximum Gasteiger partial charge on any atom is 0.192 e. The van der Waals surface area contributed by atoms with Crippen LogP contribution in [0.4, 0.5) is 0 Å². The summed E-state index contributed by atoms with van der Waals surface area (Å²) in [5.41, 5.74) is 2.84. The molecule has 1 heterocycles. The van der Waals surface area contributed by atoms with Crippen molar-refractivity contribution in [3.63, 3.8) is 0 Å². The molecule has 2 aromatic rings. The Morgan fingerprint density at radius 3 is 2.59 bits per heavy atom. The second-order valence-corrected chi connectivity index (χ2v) is 4.06. The van der Waals surface area contributed by atoms with Crippen LogP contribution in [0.25, 0.3) is 5.69 Å². The highest BCUT2D eigenvalue weighted by molar-refractivity contribution is 5.74. The molecule has 0 aliphatic heterocycles. The van der Waals surface area contributed by atoms with Gasteiger partial charge in [-0.25, -0.2) is 0 Å². The lowest BCUT2D eigenvalue weighted by atomic mass is 10.2. The molecule has 0 bridgehead atoms. The Labute approximate surface area is 99.3 Å². The first kappa shape index (κ1) is 11.3. The summed E-state index contributed by atoms with van der Waals surface area (Å²) in [6, 6.07) is 9.38. The zero-order valence-electron chi connectivity index (χ0n) is 9.81. The molecule has 3 heteroatoms. The van der Waals surface area contributed by atoms with Gasteiger partial charge in [-0.05, 0) is 31.5 Å². The third-order valence-electron chi connectivity index (χ3n) is 2.68. The first-order valence-corrected chi connectivity index (χ1v) is 5.37. The van der Waals surface area contributed by atoms with Gasteiger partial charge < -0.3 is 4.57 Å². The summed E-state index contributed by atoms with van der Waals surface area (Å²) in [4.78, 5) is 22.3. The van der Waals surface area contributed by atoms with Crippen LogP contribution < -0.4 is 5.43 Å². The van der Waals surface area contributed by atoms with Crippen molar-refractivity contribution >= 4 is 6.29 Å². The molecule has 0 saturated carbocycles. The molecule has 86 valence electrons. The summed E-state index contributed by atoms with van der Waals surface area (Å²) in [5, 5.41) is 0. The summed E-state index contributed by atoms with van der Waals surface area (Å²) in [5.74, 6) is 0. The molecule has 0 unspecified atom stereocenters. The summed E-state index contributed by atoms with van der Waals surface area (Å²) >= 11 is 0. The second-order valence-electron chi connectivity index (χ2n) is 4.06. The number of aldehydes is 1. The molecule has 0 amide bonds. The van der Waals surface area contributed by atoms with Crippen LogP contribution in [-0.2, 0) is 0 Å². The Balaban J connectivity index is 2.67. The summed E-state index contributed by atoms with van der Waals surface area (Å²) in [6.45, 7) is 3.85. The average Bonchev–Trinajstić information content (AvgIpc) is 2.29. The fourth-order valence-electron chi connectivity index (χ4n) is 1.79. The standard InChI is InChI=1S/C14H13NO2/c1-10-4-3-5-13(6-10)15-8-12(9-16)14(17)7-11(15)2/h3-9H,1-2H3. The van der Waals surface area contributed by atoms with Crippen molar-refractivity contribution in [2.24, 2.45) is 0 Å². The maximum absolute atomic E-state index is 11.5. The maximum atomic E-state index is 11.5. The van der Waals surface area contributed by atoms with E-state index in [1.807, 2.05) is 42.7 Å². The second kappa shape index (κ2) is 4.37. The molecule has 0 radical (unpaired) electrons. The van der Waals surface area contributed by atoms with E-state index in [1.165, 1.54) is 6.07 Å². The Hall–Kier alpha value is -2.16. The van der Waals surface area contributed by atoms with Crippen LogP contribution in [0.5, 0.6) is 0 Å². The van der Waals surface area contributed by atoms with Crippen LogP contribution in [-0.4, -0.2) is 10.9 Å². The highest BCUT2D eigenvalue weighted by Crippen LogP contribution is 2.12. The van der Waals surface area contributed by atoms with E-state index in [0.29, 0.717) is 6.29 Å². The minimum atomic E-state index is -0.235. The number of carbonyl (C=O) groups is 1. The highest BCUT2D eigenvalue weighted by Gasteiger charge is 2.04. The third kappa shape index (κ3) is 2.18. The number of benzene rings is 1. The van der Waals surface area contributed by atoms with Gasteiger partial charge in [0.15, 0.2) is 11.7 Å². The van der Waals surface area contributed by atoms with Crippen molar-refractivity contribution in [3.8, 4) is 5.69 Å². The Bertz CT molecular complexity index is 626. The van der Waals surface area contributed by atoms with Crippen LogP contribution in [0.2, 0.25) is 0 Å². The van der Waals surface area contributed by atoms with Crippen molar-refractivity contribution in [3.05, 3.63) is 63.6 Å². The molecule has 0 aliphatic carbocycles. The first-order valence-electron chi connectivity index (χ1n) is 5.37. The fourth-order valence-corrected chi connectivity index (χ4v) is 1.79.